The number of hydrogen-bond acceptors (Lipinski definition) is 9. The van der Waals surface area contributed by atoms with Gasteiger partial charge in [0.25, 0.3) is 0 Å². The summed E-state index contributed by atoms with van der Waals surface area (Å²) in [5.41, 5.74) is 3.50. The Morgan fingerprint density at radius 1 is 0.842 bits per heavy atom. The van der Waals surface area contributed by atoms with Crippen molar-refractivity contribution >= 4 is 35.5 Å². The van der Waals surface area contributed by atoms with Crippen LogP contribution in [0, 0.1) is 0 Å². The number of carbonyl (C=O) groups excluding carboxylic acids is 4. The average molecular weight is 531 g/mol. The second-order valence-electron chi connectivity index (χ2n) is 8.13. The number of esters is 2. The van der Waals surface area contributed by atoms with E-state index in [0.29, 0.717) is 18.2 Å². The third kappa shape index (κ3) is 14.5. The number of amides is 1. The van der Waals surface area contributed by atoms with Crippen LogP contribution in [0.1, 0.15) is 64.5 Å². The number of ether oxygens (including phenoxy) is 3. The Labute approximate surface area is 224 Å². The van der Waals surface area contributed by atoms with Crippen molar-refractivity contribution in [1.82, 2.24) is 0 Å². The zero-order valence-electron chi connectivity index (χ0n) is 22.9. The van der Waals surface area contributed by atoms with Crippen molar-refractivity contribution in [3.63, 3.8) is 0 Å². The average Bonchev–Trinajstić information content (AvgIpc) is 2.89. The number of carbonyl (C=O) groups is 3. The third-order valence-electron chi connectivity index (χ3n) is 4.61. The van der Waals surface area contributed by atoms with Crippen molar-refractivity contribution in [3.05, 3.63) is 59.7 Å². The Balaban J connectivity index is 0.000000612. The molecule has 0 atom stereocenters. The Morgan fingerprint density at radius 2 is 1.37 bits per heavy atom. The normalized spacial score (nSPS) is 9.61. The fraction of sp³-hybridized carbons (Fsp3) is 0.429. The zero-order valence-corrected chi connectivity index (χ0v) is 22.9. The lowest BCUT2D eigenvalue weighted by atomic mass is 10.0. The largest absolute Gasteiger partial charge is 0.464 e. The molecule has 0 unspecified atom stereocenters. The second kappa shape index (κ2) is 20.1. The molecule has 38 heavy (non-hydrogen) atoms. The summed E-state index contributed by atoms with van der Waals surface area (Å²) in [6.45, 7) is 11.3. The third-order valence-corrected chi connectivity index (χ3v) is 4.61. The first-order valence-corrected chi connectivity index (χ1v) is 12.2. The molecule has 0 fully saturated rings. The van der Waals surface area contributed by atoms with Crippen molar-refractivity contribution in [2.24, 2.45) is 4.99 Å². The van der Waals surface area contributed by atoms with Gasteiger partial charge in [-0.2, -0.15) is 4.99 Å². The van der Waals surface area contributed by atoms with E-state index in [4.69, 9.17) is 9.84 Å². The molecule has 0 aromatic heterocycles. The molecule has 0 radical (unpaired) electrons. The lowest BCUT2D eigenvalue weighted by Gasteiger charge is -2.13. The van der Waals surface area contributed by atoms with Crippen molar-refractivity contribution in [2.45, 2.75) is 53.4 Å². The molecular weight excluding hydrogens is 492 g/mol. The van der Waals surface area contributed by atoms with E-state index >= 15 is 0 Å². The van der Waals surface area contributed by atoms with E-state index < -0.39 is 24.6 Å². The van der Waals surface area contributed by atoms with Crippen LogP contribution in [0.3, 0.4) is 0 Å². The molecule has 0 aliphatic carbocycles. The van der Waals surface area contributed by atoms with Gasteiger partial charge in [-0.1, -0.05) is 64.1 Å². The van der Waals surface area contributed by atoms with Crippen molar-refractivity contribution in [1.29, 1.82) is 0 Å². The molecule has 0 aliphatic heterocycles. The molecule has 2 aromatic rings. The molecular formula is C28H38N2O8. The Kier molecular flexibility index (Phi) is 18.0. The molecule has 10 nitrogen and oxygen atoms in total. The first kappa shape index (κ1) is 34.0. The van der Waals surface area contributed by atoms with E-state index in [1.807, 2.05) is 56.3 Å². The monoisotopic (exact) mass is 530 g/mol. The fourth-order valence-electron chi connectivity index (χ4n) is 2.92. The van der Waals surface area contributed by atoms with E-state index in [1.165, 1.54) is 0 Å². The van der Waals surface area contributed by atoms with Crippen LogP contribution in [0.15, 0.2) is 53.5 Å². The van der Waals surface area contributed by atoms with Gasteiger partial charge in [0.1, 0.15) is 6.61 Å². The van der Waals surface area contributed by atoms with Crippen LogP contribution in [0.5, 0.6) is 0 Å². The van der Waals surface area contributed by atoms with Gasteiger partial charge in [0, 0.05) is 5.69 Å². The topological polar surface area (TPSA) is 141 Å². The van der Waals surface area contributed by atoms with Gasteiger partial charge in [-0.25, -0.2) is 19.2 Å². The number of aliphatic hydroxyl groups is 1. The highest BCUT2D eigenvalue weighted by molar-refractivity contribution is 5.87. The summed E-state index contributed by atoms with van der Waals surface area (Å²) in [6, 6.07) is 15.1. The Hall–Kier alpha value is -4.01. The van der Waals surface area contributed by atoms with Crippen LogP contribution in [-0.2, 0) is 28.6 Å². The smallest absolute Gasteiger partial charge is 0.412 e. The summed E-state index contributed by atoms with van der Waals surface area (Å²) in [6.07, 6.45) is 0.889. The standard InChI is InChI=1S/C14H19NO4.C10H11NO.C4H8O3/c1-4-18-13(16)9-19-14(17)15-12-8-6-5-7-11(12)10(2)3;1-8(2)9-5-3-4-6-10(9)11-7-12;1-2-7-4(6)3-5/h5-8,10H,4,9H2,1-3H3,(H,15,17);3-6,8H,1-2H3;5H,2-3H2,1H3. The Morgan fingerprint density at radius 3 is 1.87 bits per heavy atom. The summed E-state index contributed by atoms with van der Waals surface area (Å²) in [5.74, 6) is -0.461. The summed E-state index contributed by atoms with van der Waals surface area (Å²) in [4.78, 5) is 46.2. The number of aliphatic hydroxyl groups excluding tert-OH is 1. The summed E-state index contributed by atoms with van der Waals surface area (Å²) < 4.78 is 13.7. The predicted molar refractivity (Wildman–Crippen MR) is 144 cm³/mol. The number of aliphatic imine (C=N–C) groups is 1. The van der Waals surface area contributed by atoms with Crippen molar-refractivity contribution in [2.75, 3.05) is 31.7 Å². The molecule has 0 heterocycles. The maximum Gasteiger partial charge on any atom is 0.412 e. The predicted octanol–water partition coefficient (Wildman–Crippen LogP) is 5.24. The minimum atomic E-state index is -0.666. The summed E-state index contributed by atoms with van der Waals surface area (Å²) in [5, 5.41) is 10.6. The van der Waals surface area contributed by atoms with E-state index in [9.17, 15) is 19.2 Å². The Bertz CT molecular complexity index is 1050. The van der Waals surface area contributed by atoms with Gasteiger partial charge in [-0.15, -0.1) is 0 Å². The minimum absolute atomic E-state index is 0.264. The molecule has 2 N–H and O–H groups in total. The molecule has 10 heteroatoms. The molecule has 0 aliphatic rings. The van der Waals surface area contributed by atoms with Crippen LogP contribution in [0.2, 0.25) is 0 Å². The highest BCUT2D eigenvalue weighted by Crippen LogP contribution is 2.25. The van der Waals surface area contributed by atoms with E-state index in [0.717, 1.165) is 16.8 Å². The van der Waals surface area contributed by atoms with Crippen molar-refractivity contribution < 1.29 is 38.5 Å². The van der Waals surface area contributed by atoms with Crippen LogP contribution < -0.4 is 5.32 Å². The summed E-state index contributed by atoms with van der Waals surface area (Å²) >= 11 is 0. The number of para-hydroxylation sites is 2. The van der Waals surface area contributed by atoms with Crippen LogP contribution in [0.25, 0.3) is 0 Å². The van der Waals surface area contributed by atoms with Gasteiger partial charge in [0.2, 0.25) is 6.08 Å². The number of isocyanates is 1. The maximum absolute atomic E-state index is 11.6. The van der Waals surface area contributed by atoms with Gasteiger partial charge in [-0.3, -0.25) is 5.32 Å². The first-order chi connectivity index (χ1) is 18.1. The lowest BCUT2D eigenvalue weighted by molar-refractivity contribution is -0.147. The van der Waals surface area contributed by atoms with Gasteiger partial charge in [-0.05, 0) is 48.9 Å². The number of nitrogens with zero attached hydrogens (tertiary/aromatic N) is 1. The van der Waals surface area contributed by atoms with Gasteiger partial charge in [0.15, 0.2) is 6.61 Å². The molecule has 0 spiro atoms. The first-order valence-electron chi connectivity index (χ1n) is 12.2. The number of rotatable bonds is 9. The van der Waals surface area contributed by atoms with E-state index in [2.05, 4.69) is 33.6 Å². The van der Waals surface area contributed by atoms with Crippen LogP contribution >= 0.6 is 0 Å². The maximum atomic E-state index is 11.6. The molecule has 0 bridgehead atoms. The number of benzene rings is 2. The molecule has 0 saturated carbocycles. The highest BCUT2D eigenvalue weighted by atomic mass is 16.6. The number of hydrogen-bond donors (Lipinski definition) is 2. The van der Waals surface area contributed by atoms with Crippen LogP contribution in [-0.4, -0.2) is 55.6 Å². The molecule has 1 amide bonds. The van der Waals surface area contributed by atoms with Gasteiger partial charge >= 0.3 is 18.0 Å². The zero-order chi connectivity index (χ0) is 28.9. The fourth-order valence-corrected chi connectivity index (χ4v) is 2.92. The second-order valence-corrected chi connectivity index (χ2v) is 8.13. The minimum Gasteiger partial charge on any atom is -0.464 e. The molecule has 0 saturated heterocycles. The van der Waals surface area contributed by atoms with E-state index in [1.54, 1.807) is 26.0 Å². The molecule has 208 valence electrons. The van der Waals surface area contributed by atoms with Gasteiger partial charge in [0.05, 0.1) is 18.9 Å². The van der Waals surface area contributed by atoms with Gasteiger partial charge < -0.3 is 19.3 Å². The SMILES string of the molecule is CC(C)c1ccccc1N=C=O.CCOC(=O)CO.CCOC(=O)COC(=O)Nc1ccccc1C(C)C. The molecule has 2 aromatic carbocycles. The lowest BCUT2D eigenvalue weighted by Crippen LogP contribution is -2.20. The highest BCUT2D eigenvalue weighted by Gasteiger charge is 2.11. The number of anilines is 1. The number of nitrogens with one attached hydrogen (secondary N) is 1. The van der Waals surface area contributed by atoms with E-state index in [-0.39, 0.29) is 19.1 Å². The van der Waals surface area contributed by atoms with Crippen molar-refractivity contribution in [3.8, 4) is 0 Å². The van der Waals surface area contributed by atoms with Crippen LogP contribution in [0.4, 0.5) is 16.2 Å². The molecule has 2 rings (SSSR count). The summed E-state index contributed by atoms with van der Waals surface area (Å²) in [7, 11) is 0. The quantitative estimate of drug-likeness (QED) is 0.194.